The van der Waals surface area contributed by atoms with Crippen LogP contribution in [0.5, 0.6) is 0 Å². The number of aliphatic hydroxyl groups is 2. The molecule has 82 valence electrons. The van der Waals surface area contributed by atoms with E-state index in [2.05, 4.69) is 0 Å². The number of rotatable bonds is 7. The minimum atomic E-state index is -3.96. The van der Waals surface area contributed by atoms with Crippen molar-refractivity contribution < 1.29 is 23.2 Å². The molecule has 0 aliphatic rings. The van der Waals surface area contributed by atoms with Crippen molar-refractivity contribution in [3.8, 4) is 0 Å². The average molecular weight is 237 g/mol. The molecule has 0 saturated carbocycles. The molecule has 0 unspecified atom stereocenters. The first-order chi connectivity index (χ1) is 5.99. The third kappa shape index (κ3) is 10.9. The van der Waals surface area contributed by atoms with Crippen LogP contribution in [0.15, 0.2) is 0 Å². The molecule has 0 amide bonds. The Morgan fingerprint density at radius 2 is 1.43 bits per heavy atom. The molecular weight excluding hydrogens is 221 g/mol. The molecule has 8 heteroatoms. The van der Waals surface area contributed by atoms with E-state index in [4.69, 9.17) is 14.8 Å². The monoisotopic (exact) mass is 237 g/mol. The van der Waals surface area contributed by atoms with Crippen molar-refractivity contribution in [1.82, 2.24) is 4.90 Å². The number of nitrogens with zero attached hydrogens (tertiary/aromatic N) is 1. The van der Waals surface area contributed by atoms with Crippen LogP contribution in [-0.4, -0.2) is 96.2 Å². The number of hydrogen-bond donors (Lipinski definition) is 3. The van der Waals surface area contributed by atoms with Gasteiger partial charge < -0.3 is 10.2 Å². The molecule has 0 aliphatic heterocycles. The van der Waals surface area contributed by atoms with E-state index in [0.29, 0.717) is 0 Å². The zero-order valence-electron chi connectivity index (χ0n) is 7.26. The van der Waals surface area contributed by atoms with E-state index in [0.717, 1.165) is 0 Å². The molecule has 0 atom stereocenters. The van der Waals surface area contributed by atoms with Crippen molar-refractivity contribution in [1.29, 1.82) is 0 Å². The topological polar surface area (TPSA) is 98.1 Å². The van der Waals surface area contributed by atoms with E-state index in [1.54, 1.807) is 4.90 Å². The Morgan fingerprint density at radius 1 is 1.00 bits per heavy atom. The first-order valence-corrected chi connectivity index (χ1v) is 5.49. The molecule has 14 heavy (non-hydrogen) atoms. The molecule has 0 heterocycles. The van der Waals surface area contributed by atoms with E-state index >= 15 is 0 Å². The van der Waals surface area contributed by atoms with Crippen molar-refractivity contribution in [2.75, 3.05) is 38.6 Å². The van der Waals surface area contributed by atoms with Gasteiger partial charge in [-0.15, -0.1) is 0 Å². The third-order valence-electron chi connectivity index (χ3n) is 1.50. The zero-order chi connectivity index (χ0) is 10.3. The van der Waals surface area contributed by atoms with E-state index in [-0.39, 0.29) is 68.2 Å². The standard InChI is InChI=1S/C6H15NO5S.Na.H/c8-4-1-7(2-5-9)3-6-13(10,11)12;;/h8-9H,1-6H2,(H,10,11,12);;. The minimum absolute atomic E-state index is 0. The van der Waals surface area contributed by atoms with Gasteiger partial charge in [-0.2, -0.15) is 8.42 Å². The second-order valence-corrected chi connectivity index (χ2v) is 4.15. The van der Waals surface area contributed by atoms with Gasteiger partial charge in [0.25, 0.3) is 10.1 Å². The van der Waals surface area contributed by atoms with Crippen molar-refractivity contribution in [3.05, 3.63) is 0 Å². The maximum absolute atomic E-state index is 10.3. The first-order valence-electron chi connectivity index (χ1n) is 3.89. The van der Waals surface area contributed by atoms with Crippen molar-refractivity contribution >= 4 is 39.7 Å². The quantitative estimate of drug-likeness (QED) is 0.335. The molecule has 6 nitrogen and oxygen atoms in total. The van der Waals surface area contributed by atoms with Crippen molar-refractivity contribution in [3.63, 3.8) is 0 Å². The van der Waals surface area contributed by atoms with Gasteiger partial charge in [0, 0.05) is 19.6 Å². The number of hydrogen-bond acceptors (Lipinski definition) is 5. The molecule has 0 fully saturated rings. The molecule has 0 aromatic heterocycles. The normalized spacial score (nSPS) is 11.4. The van der Waals surface area contributed by atoms with Crippen LogP contribution >= 0.6 is 0 Å². The molecule has 0 aliphatic carbocycles. The molecule has 3 N–H and O–H groups in total. The van der Waals surface area contributed by atoms with Gasteiger partial charge in [-0.25, -0.2) is 0 Å². The van der Waals surface area contributed by atoms with Gasteiger partial charge in [-0.05, 0) is 0 Å². The van der Waals surface area contributed by atoms with Crippen LogP contribution in [0, 0.1) is 0 Å². The van der Waals surface area contributed by atoms with Crippen LogP contribution in [0.4, 0.5) is 0 Å². The van der Waals surface area contributed by atoms with Crippen LogP contribution in [-0.2, 0) is 10.1 Å². The van der Waals surface area contributed by atoms with Crippen LogP contribution in [0.2, 0.25) is 0 Å². The summed E-state index contributed by atoms with van der Waals surface area (Å²) in [6.45, 7) is 0.475. The Bertz CT molecular complexity index is 214. The maximum atomic E-state index is 10.3. The van der Waals surface area contributed by atoms with Gasteiger partial charge >= 0.3 is 29.6 Å². The fourth-order valence-corrected chi connectivity index (χ4v) is 1.35. The Kier molecular flexibility index (Phi) is 11.1. The van der Waals surface area contributed by atoms with Gasteiger partial charge in [0.2, 0.25) is 0 Å². The SMILES string of the molecule is O=S(=O)(O)CCN(CCO)CCO.[NaH]. The van der Waals surface area contributed by atoms with E-state index < -0.39 is 10.1 Å². The summed E-state index contributed by atoms with van der Waals surface area (Å²) in [6.07, 6.45) is 0. The second-order valence-electron chi connectivity index (χ2n) is 2.57. The van der Waals surface area contributed by atoms with Crippen LogP contribution in [0.3, 0.4) is 0 Å². The summed E-state index contributed by atoms with van der Waals surface area (Å²) in [5.74, 6) is -0.382. The summed E-state index contributed by atoms with van der Waals surface area (Å²) < 4.78 is 29.1. The fourth-order valence-electron chi connectivity index (χ4n) is 0.863. The Balaban J connectivity index is 0. The van der Waals surface area contributed by atoms with Crippen molar-refractivity contribution in [2.45, 2.75) is 0 Å². The Hall–Kier alpha value is 0.790. The summed E-state index contributed by atoms with van der Waals surface area (Å²) >= 11 is 0. The molecule has 0 aromatic rings. The van der Waals surface area contributed by atoms with Crippen LogP contribution in [0.25, 0.3) is 0 Å². The van der Waals surface area contributed by atoms with Gasteiger partial charge in [-0.3, -0.25) is 9.45 Å². The Labute approximate surface area is 106 Å². The van der Waals surface area contributed by atoms with Crippen molar-refractivity contribution in [2.24, 2.45) is 0 Å². The van der Waals surface area contributed by atoms with E-state index in [9.17, 15) is 8.42 Å². The fraction of sp³-hybridized carbons (Fsp3) is 1.00. The summed E-state index contributed by atoms with van der Waals surface area (Å²) in [6, 6.07) is 0. The molecular formula is C6H16NNaO5S. The molecule has 0 saturated heterocycles. The average Bonchev–Trinajstić information content (AvgIpc) is 2.00. The van der Waals surface area contributed by atoms with Crippen LogP contribution < -0.4 is 0 Å². The van der Waals surface area contributed by atoms with Gasteiger partial charge in [0.15, 0.2) is 0 Å². The Morgan fingerprint density at radius 3 is 1.71 bits per heavy atom. The van der Waals surface area contributed by atoms with E-state index in [1.807, 2.05) is 0 Å². The first kappa shape index (κ1) is 17.2. The predicted molar refractivity (Wildman–Crippen MR) is 54.2 cm³/mol. The third-order valence-corrected chi connectivity index (χ3v) is 2.20. The molecule has 0 bridgehead atoms. The second kappa shape index (κ2) is 9.05. The van der Waals surface area contributed by atoms with Gasteiger partial charge in [-0.1, -0.05) is 0 Å². The van der Waals surface area contributed by atoms with E-state index in [1.165, 1.54) is 0 Å². The zero-order valence-corrected chi connectivity index (χ0v) is 8.07. The molecule has 0 radical (unpaired) electrons. The van der Waals surface area contributed by atoms with Crippen LogP contribution in [0.1, 0.15) is 0 Å². The summed E-state index contributed by atoms with van der Waals surface area (Å²) in [7, 11) is -3.96. The predicted octanol–water partition coefficient (Wildman–Crippen LogP) is -2.49. The molecule has 0 rings (SSSR count). The molecule has 0 spiro atoms. The molecule has 0 aromatic carbocycles. The summed E-state index contributed by atoms with van der Waals surface area (Å²) in [4.78, 5) is 1.55. The number of aliphatic hydroxyl groups excluding tert-OH is 2. The summed E-state index contributed by atoms with van der Waals surface area (Å²) in [5.41, 5.74) is 0. The van der Waals surface area contributed by atoms with Gasteiger partial charge in [0.05, 0.1) is 19.0 Å². The van der Waals surface area contributed by atoms with Gasteiger partial charge in [0.1, 0.15) is 0 Å². The summed E-state index contributed by atoms with van der Waals surface area (Å²) in [5, 5.41) is 17.1.